The zero-order valence-electron chi connectivity index (χ0n) is 23.2. The quantitative estimate of drug-likeness (QED) is 0.261. The van der Waals surface area contributed by atoms with Gasteiger partial charge in [0.05, 0.1) is 30.3 Å². The number of imidazole rings is 1. The molecule has 0 radical (unpaired) electrons. The number of pyridine rings is 1. The molecule has 0 amide bonds. The van der Waals surface area contributed by atoms with Gasteiger partial charge in [-0.3, -0.25) is 4.90 Å². The average molecular weight is 576 g/mol. The number of piperidine rings is 1. The first-order chi connectivity index (χ1) is 19.8. The van der Waals surface area contributed by atoms with Crippen LogP contribution in [0.4, 0.5) is 4.39 Å². The van der Waals surface area contributed by atoms with E-state index in [1.54, 1.807) is 38.4 Å². The molecule has 0 saturated carbocycles. The second kappa shape index (κ2) is 10.9. The van der Waals surface area contributed by atoms with Crippen molar-refractivity contribution in [2.24, 2.45) is 0 Å². The van der Waals surface area contributed by atoms with Crippen LogP contribution in [0.15, 0.2) is 48.7 Å². The SMILES string of the molecule is COC(C)Cn1c(CN2CCC(c3cccc4c3O[C@@](C)(c3ccc(Cl)cc3F)O4)CC2)nc2cc(C#N)cnc21. The predicted molar refractivity (Wildman–Crippen MR) is 152 cm³/mol. The van der Waals surface area contributed by atoms with Gasteiger partial charge in [-0.05, 0) is 69.1 Å². The van der Waals surface area contributed by atoms with Crippen LogP contribution in [-0.2, 0) is 23.6 Å². The van der Waals surface area contributed by atoms with Crippen molar-refractivity contribution in [1.82, 2.24) is 19.4 Å². The van der Waals surface area contributed by atoms with Crippen molar-refractivity contribution in [3.63, 3.8) is 0 Å². The summed E-state index contributed by atoms with van der Waals surface area (Å²) in [4.78, 5) is 11.8. The number of halogens is 2. The standard InChI is InChI=1S/C31H31ClFN5O3/c1-19(39-3)17-38-28(36-26-13-20(15-34)16-35-30(26)38)18-37-11-9-21(10-12-37)23-5-4-6-27-29(23)41-31(2,40-27)24-8-7-22(32)14-25(24)33/h4-8,13-14,16,19,21H,9-12,17-18H2,1-3H3/t19?,31-/m0/s1. The van der Waals surface area contributed by atoms with Crippen LogP contribution < -0.4 is 9.47 Å². The minimum Gasteiger partial charge on any atom is -0.444 e. The fraction of sp³-hybridized carbons (Fsp3) is 0.387. The Labute approximate surface area is 243 Å². The monoisotopic (exact) mass is 575 g/mol. The van der Waals surface area contributed by atoms with Gasteiger partial charge < -0.3 is 18.8 Å². The summed E-state index contributed by atoms with van der Waals surface area (Å²) < 4.78 is 34.9. The molecule has 2 aromatic carbocycles. The van der Waals surface area contributed by atoms with Gasteiger partial charge in [0.2, 0.25) is 0 Å². The van der Waals surface area contributed by atoms with Gasteiger partial charge in [0.15, 0.2) is 17.1 Å². The van der Waals surface area contributed by atoms with Crippen LogP contribution in [0.2, 0.25) is 5.02 Å². The second-order valence-corrected chi connectivity index (χ2v) is 11.3. The molecule has 2 aliphatic rings. The minimum absolute atomic E-state index is 0.0104. The largest absolute Gasteiger partial charge is 0.444 e. The summed E-state index contributed by atoms with van der Waals surface area (Å²) in [6.45, 7) is 6.79. The van der Waals surface area contributed by atoms with Crippen molar-refractivity contribution in [2.45, 2.75) is 57.6 Å². The fourth-order valence-corrected chi connectivity index (χ4v) is 5.96. The van der Waals surface area contributed by atoms with Crippen LogP contribution in [0, 0.1) is 17.1 Å². The van der Waals surface area contributed by atoms with Crippen molar-refractivity contribution < 1.29 is 18.6 Å². The molecule has 2 aromatic heterocycles. The Balaban J connectivity index is 1.18. The molecular formula is C31H31ClFN5O3. The van der Waals surface area contributed by atoms with E-state index >= 15 is 0 Å². The Bertz CT molecular complexity index is 1650. The lowest BCUT2D eigenvalue weighted by Crippen LogP contribution is -2.34. The Morgan fingerprint density at radius 2 is 2.02 bits per heavy atom. The van der Waals surface area contributed by atoms with Crippen LogP contribution in [0.25, 0.3) is 11.2 Å². The lowest BCUT2D eigenvalue weighted by atomic mass is 9.88. The lowest BCUT2D eigenvalue weighted by molar-refractivity contribution is -0.0712. The van der Waals surface area contributed by atoms with E-state index in [4.69, 9.17) is 30.8 Å². The van der Waals surface area contributed by atoms with Gasteiger partial charge in [0.1, 0.15) is 23.2 Å². The Morgan fingerprint density at radius 3 is 2.76 bits per heavy atom. The molecule has 4 aromatic rings. The molecule has 41 heavy (non-hydrogen) atoms. The number of likely N-dealkylation sites (tertiary alicyclic amines) is 1. The number of nitriles is 1. The number of hydrogen-bond donors (Lipinski definition) is 0. The number of aromatic nitrogens is 3. The maximum atomic E-state index is 14.8. The number of nitrogens with zero attached hydrogens (tertiary/aromatic N) is 5. The van der Waals surface area contributed by atoms with Crippen molar-refractivity contribution in [2.75, 3.05) is 20.2 Å². The van der Waals surface area contributed by atoms with E-state index in [1.807, 2.05) is 19.1 Å². The summed E-state index contributed by atoms with van der Waals surface area (Å²) in [5.41, 5.74) is 3.35. The molecule has 2 atom stereocenters. The maximum absolute atomic E-state index is 14.8. The Hall–Kier alpha value is -3.71. The van der Waals surface area contributed by atoms with E-state index in [2.05, 4.69) is 26.6 Å². The molecule has 6 rings (SSSR count). The highest BCUT2D eigenvalue weighted by Crippen LogP contribution is 2.49. The van der Waals surface area contributed by atoms with Crippen LogP contribution in [0.1, 0.15) is 55.1 Å². The van der Waals surface area contributed by atoms with Crippen molar-refractivity contribution in [3.8, 4) is 17.6 Å². The Kier molecular flexibility index (Phi) is 7.32. The van der Waals surface area contributed by atoms with Gasteiger partial charge in [0.25, 0.3) is 5.79 Å². The third-order valence-electron chi connectivity index (χ3n) is 8.06. The van der Waals surface area contributed by atoms with Crippen LogP contribution in [-0.4, -0.2) is 45.7 Å². The van der Waals surface area contributed by atoms with Gasteiger partial charge >= 0.3 is 0 Å². The van der Waals surface area contributed by atoms with Crippen LogP contribution in [0.5, 0.6) is 11.5 Å². The molecule has 0 bridgehead atoms. The molecule has 1 fully saturated rings. The first-order valence-corrected chi connectivity index (χ1v) is 14.1. The normalized spacial score (nSPS) is 19.9. The first-order valence-electron chi connectivity index (χ1n) is 13.7. The van der Waals surface area contributed by atoms with E-state index in [9.17, 15) is 9.65 Å². The third-order valence-corrected chi connectivity index (χ3v) is 8.29. The minimum atomic E-state index is -1.27. The number of para-hydroxylation sites is 1. The molecule has 1 saturated heterocycles. The Morgan fingerprint density at radius 1 is 1.22 bits per heavy atom. The number of rotatable bonds is 7. The second-order valence-electron chi connectivity index (χ2n) is 10.9. The first kappa shape index (κ1) is 27.5. The van der Waals surface area contributed by atoms with E-state index < -0.39 is 11.6 Å². The molecule has 0 spiro atoms. The molecule has 0 N–H and O–H groups in total. The van der Waals surface area contributed by atoms with E-state index in [0.29, 0.717) is 40.7 Å². The molecule has 1 unspecified atom stereocenters. The topological polar surface area (TPSA) is 85.4 Å². The fourth-order valence-electron chi connectivity index (χ4n) is 5.80. The number of hydrogen-bond acceptors (Lipinski definition) is 7. The predicted octanol–water partition coefficient (Wildman–Crippen LogP) is 6.15. The third kappa shape index (κ3) is 5.23. The summed E-state index contributed by atoms with van der Waals surface area (Å²) in [6, 6.07) is 14.4. The molecular weight excluding hydrogens is 545 g/mol. The summed E-state index contributed by atoms with van der Waals surface area (Å²) in [7, 11) is 1.69. The lowest BCUT2D eigenvalue weighted by Gasteiger charge is -2.32. The van der Waals surface area contributed by atoms with Crippen molar-refractivity contribution >= 4 is 22.8 Å². The van der Waals surface area contributed by atoms with Gasteiger partial charge in [-0.2, -0.15) is 5.26 Å². The van der Waals surface area contributed by atoms with Crippen LogP contribution in [0.3, 0.4) is 0 Å². The highest BCUT2D eigenvalue weighted by Gasteiger charge is 2.43. The van der Waals surface area contributed by atoms with Gasteiger partial charge in [0, 0.05) is 30.8 Å². The molecule has 8 nitrogen and oxygen atoms in total. The zero-order chi connectivity index (χ0) is 28.7. The number of fused-ring (bicyclic) bond motifs is 2. The summed E-state index contributed by atoms with van der Waals surface area (Å²) >= 11 is 5.97. The molecule has 2 aliphatic heterocycles. The van der Waals surface area contributed by atoms with E-state index in [0.717, 1.165) is 48.5 Å². The smallest absolute Gasteiger partial charge is 0.278 e. The van der Waals surface area contributed by atoms with Crippen molar-refractivity contribution in [3.05, 3.63) is 82.0 Å². The van der Waals surface area contributed by atoms with Crippen LogP contribution >= 0.6 is 11.6 Å². The van der Waals surface area contributed by atoms with E-state index in [-0.39, 0.29) is 12.0 Å². The van der Waals surface area contributed by atoms with E-state index in [1.165, 1.54) is 6.07 Å². The molecule has 4 heterocycles. The zero-order valence-corrected chi connectivity index (χ0v) is 24.0. The van der Waals surface area contributed by atoms with Gasteiger partial charge in [-0.25, -0.2) is 14.4 Å². The highest BCUT2D eigenvalue weighted by atomic mass is 35.5. The number of ether oxygens (including phenoxy) is 3. The average Bonchev–Trinajstić information content (AvgIpc) is 3.49. The summed E-state index contributed by atoms with van der Waals surface area (Å²) in [5, 5.41) is 9.64. The number of methoxy groups -OCH3 is 1. The highest BCUT2D eigenvalue weighted by molar-refractivity contribution is 6.30. The van der Waals surface area contributed by atoms with Gasteiger partial charge in [-0.15, -0.1) is 0 Å². The molecule has 212 valence electrons. The molecule has 0 aliphatic carbocycles. The van der Waals surface area contributed by atoms with Crippen molar-refractivity contribution in [1.29, 1.82) is 5.26 Å². The number of benzene rings is 2. The summed E-state index contributed by atoms with van der Waals surface area (Å²) in [5.74, 6) is 0.737. The maximum Gasteiger partial charge on any atom is 0.278 e. The molecule has 10 heteroatoms. The summed E-state index contributed by atoms with van der Waals surface area (Å²) in [6.07, 6.45) is 3.43. The van der Waals surface area contributed by atoms with Gasteiger partial charge in [-0.1, -0.05) is 23.7 Å².